The third-order valence-electron chi connectivity index (χ3n) is 2.21. The minimum absolute atomic E-state index is 0. The first-order valence-corrected chi connectivity index (χ1v) is 6.06. The summed E-state index contributed by atoms with van der Waals surface area (Å²) in [7, 11) is 1.88. The van der Waals surface area contributed by atoms with Gasteiger partial charge in [-0.3, -0.25) is 0 Å². The Bertz CT molecular complexity index is 499. The van der Waals surface area contributed by atoms with Crippen molar-refractivity contribution in [2.75, 3.05) is 7.05 Å². The van der Waals surface area contributed by atoms with E-state index in [0.29, 0.717) is 11.6 Å². The molecule has 0 aliphatic rings. The lowest BCUT2D eigenvalue weighted by Gasteiger charge is -2.01. The highest BCUT2D eigenvalue weighted by molar-refractivity contribution is 9.10. The molecule has 0 radical (unpaired) electrons. The minimum atomic E-state index is 0. The second kappa shape index (κ2) is 6.45. The van der Waals surface area contributed by atoms with Crippen molar-refractivity contribution in [3.05, 3.63) is 45.6 Å². The van der Waals surface area contributed by atoms with E-state index < -0.39 is 0 Å². The van der Waals surface area contributed by atoms with Gasteiger partial charge in [0.05, 0.1) is 11.6 Å². The molecule has 1 aromatic heterocycles. The van der Waals surface area contributed by atoms with Crippen LogP contribution in [0, 0.1) is 0 Å². The van der Waals surface area contributed by atoms with Gasteiger partial charge < -0.3 is 9.73 Å². The van der Waals surface area contributed by atoms with E-state index in [-0.39, 0.29) is 12.4 Å². The molecule has 0 saturated carbocycles. The van der Waals surface area contributed by atoms with Gasteiger partial charge in [0, 0.05) is 10.0 Å². The van der Waals surface area contributed by atoms with Crippen molar-refractivity contribution >= 4 is 39.9 Å². The van der Waals surface area contributed by atoms with Crippen LogP contribution in [0.1, 0.15) is 5.76 Å². The molecular weight excluding hydrogens is 325 g/mol. The van der Waals surface area contributed by atoms with Crippen LogP contribution in [0.4, 0.5) is 0 Å². The maximum absolute atomic E-state index is 6.14. The number of rotatable bonds is 3. The second-order valence-corrected chi connectivity index (χ2v) is 4.74. The molecule has 1 heterocycles. The Morgan fingerprint density at radius 3 is 2.71 bits per heavy atom. The lowest BCUT2D eigenvalue weighted by molar-refractivity contribution is 0.507. The molecule has 0 aliphatic heterocycles. The largest absolute Gasteiger partial charge is 0.460 e. The summed E-state index contributed by atoms with van der Waals surface area (Å²) in [6.07, 6.45) is 0. The molecule has 17 heavy (non-hydrogen) atoms. The number of hydrogen-bond acceptors (Lipinski definition) is 2. The monoisotopic (exact) mass is 335 g/mol. The summed E-state index contributed by atoms with van der Waals surface area (Å²) in [5.74, 6) is 1.69. The van der Waals surface area contributed by atoms with Crippen LogP contribution in [0.15, 0.2) is 39.2 Å². The van der Waals surface area contributed by atoms with Gasteiger partial charge >= 0.3 is 0 Å². The molecule has 0 atom stereocenters. The second-order valence-electron chi connectivity index (χ2n) is 3.42. The van der Waals surface area contributed by atoms with Crippen molar-refractivity contribution in [3.63, 3.8) is 0 Å². The topological polar surface area (TPSA) is 25.2 Å². The molecular formula is C12H12BrCl2NO. The van der Waals surface area contributed by atoms with Gasteiger partial charge in [-0.05, 0) is 37.4 Å². The average molecular weight is 337 g/mol. The fourth-order valence-electron chi connectivity index (χ4n) is 1.48. The molecule has 0 spiro atoms. The van der Waals surface area contributed by atoms with Crippen LogP contribution >= 0.6 is 39.9 Å². The predicted molar refractivity (Wildman–Crippen MR) is 76.9 cm³/mol. The Hall–Kier alpha value is -0.480. The van der Waals surface area contributed by atoms with Gasteiger partial charge in [-0.25, -0.2) is 0 Å². The van der Waals surface area contributed by atoms with E-state index in [1.165, 1.54) is 0 Å². The molecule has 5 heteroatoms. The number of benzene rings is 1. The molecule has 0 bridgehead atoms. The first kappa shape index (κ1) is 14.6. The molecule has 0 amide bonds. The van der Waals surface area contributed by atoms with Crippen molar-refractivity contribution in [2.24, 2.45) is 0 Å². The van der Waals surface area contributed by atoms with E-state index in [2.05, 4.69) is 21.2 Å². The molecule has 1 N–H and O–H groups in total. The fraction of sp³-hybridized carbons (Fsp3) is 0.167. The summed E-state index contributed by atoms with van der Waals surface area (Å²) < 4.78 is 6.63. The van der Waals surface area contributed by atoms with Crippen LogP contribution < -0.4 is 5.32 Å². The van der Waals surface area contributed by atoms with Crippen molar-refractivity contribution in [1.82, 2.24) is 5.32 Å². The Morgan fingerprint density at radius 1 is 1.29 bits per heavy atom. The number of halogens is 3. The first-order valence-electron chi connectivity index (χ1n) is 4.89. The van der Waals surface area contributed by atoms with Crippen molar-refractivity contribution in [3.8, 4) is 11.3 Å². The van der Waals surface area contributed by atoms with Gasteiger partial charge in [-0.1, -0.05) is 27.5 Å². The van der Waals surface area contributed by atoms with E-state index in [4.69, 9.17) is 16.0 Å². The minimum Gasteiger partial charge on any atom is -0.460 e. The molecule has 92 valence electrons. The maximum atomic E-state index is 6.14. The molecule has 2 aromatic rings. The summed E-state index contributed by atoms with van der Waals surface area (Å²) in [5, 5.41) is 3.72. The summed E-state index contributed by atoms with van der Waals surface area (Å²) in [6.45, 7) is 0.716. The molecule has 0 saturated heterocycles. The third kappa shape index (κ3) is 3.49. The Morgan fingerprint density at radius 2 is 2.06 bits per heavy atom. The summed E-state index contributed by atoms with van der Waals surface area (Å²) >= 11 is 9.52. The van der Waals surface area contributed by atoms with Gasteiger partial charge in [-0.2, -0.15) is 0 Å². The highest BCUT2D eigenvalue weighted by atomic mass is 79.9. The van der Waals surface area contributed by atoms with Gasteiger partial charge in [-0.15, -0.1) is 12.4 Å². The van der Waals surface area contributed by atoms with Crippen LogP contribution in [0.25, 0.3) is 11.3 Å². The summed E-state index contributed by atoms with van der Waals surface area (Å²) in [4.78, 5) is 0. The zero-order valence-corrected chi connectivity index (χ0v) is 12.3. The van der Waals surface area contributed by atoms with Crippen molar-refractivity contribution < 1.29 is 4.42 Å². The normalized spacial score (nSPS) is 10.1. The SMILES string of the molecule is CNCc1ccc(-c2ccc(Br)cc2Cl)o1.Cl. The molecule has 0 fully saturated rings. The van der Waals surface area contributed by atoms with E-state index in [1.54, 1.807) is 0 Å². The maximum Gasteiger partial charge on any atom is 0.135 e. The summed E-state index contributed by atoms with van der Waals surface area (Å²) in [5.41, 5.74) is 0.909. The number of hydrogen-bond donors (Lipinski definition) is 1. The fourth-order valence-corrected chi connectivity index (χ4v) is 2.25. The average Bonchev–Trinajstić information content (AvgIpc) is 2.67. The van der Waals surface area contributed by atoms with E-state index >= 15 is 0 Å². The van der Waals surface area contributed by atoms with Crippen molar-refractivity contribution in [2.45, 2.75) is 6.54 Å². The van der Waals surface area contributed by atoms with Crippen LogP contribution in [-0.4, -0.2) is 7.05 Å². The standard InChI is InChI=1S/C12H11BrClNO.ClH/c1-15-7-9-3-5-12(16-9)10-4-2-8(13)6-11(10)14;/h2-6,15H,7H2,1H3;1H. The lowest BCUT2D eigenvalue weighted by atomic mass is 10.2. The lowest BCUT2D eigenvalue weighted by Crippen LogP contribution is -2.03. The zero-order valence-electron chi connectivity index (χ0n) is 9.17. The van der Waals surface area contributed by atoms with Gasteiger partial charge in [0.1, 0.15) is 11.5 Å². The van der Waals surface area contributed by atoms with E-state index in [9.17, 15) is 0 Å². The highest BCUT2D eigenvalue weighted by Crippen LogP contribution is 2.31. The quantitative estimate of drug-likeness (QED) is 0.892. The smallest absolute Gasteiger partial charge is 0.135 e. The van der Waals surface area contributed by atoms with E-state index in [1.807, 2.05) is 37.4 Å². The molecule has 2 nitrogen and oxygen atoms in total. The van der Waals surface area contributed by atoms with Gasteiger partial charge in [0.2, 0.25) is 0 Å². The van der Waals surface area contributed by atoms with E-state index in [0.717, 1.165) is 21.6 Å². The van der Waals surface area contributed by atoms with Crippen LogP contribution in [0.2, 0.25) is 5.02 Å². The Labute approximate surface area is 120 Å². The Balaban J connectivity index is 0.00000144. The van der Waals surface area contributed by atoms with Gasteiger partial charge in [0.25, 0.3) is 0 Å². The number of furan rings is 1. The third-order valence-corrected chi connectivity index (χ3v) is 3.02. The van der Waals surface area contributed by atoms with Gasteiger partial charge in [0.15, 0.2) is 0 Å². The molecule has 2 rings (SSSR count). The molecule has 0 aliphatic carbocycles. The predicted octanol–water partition coefficient (Wildman–Crippen LogP) is 4.50. The highest BCUT2D eigenvalue weighted by Gasteiger charge is 2.08. The van der Waals surface area contributed by atoms with Crippen LogP contribution in [0.5, 0.6) is 0 Å². The zero-order chi connectivity index (χ0) is 11.5. The van der Waals surface area contributed by atoms with Crippen LogP contribution in [-0.2, 0) is 6.54 Å². The molecule has 1 aromatic carbocycles. The Kier molecular flexibility index (Phi) is 5.53. The van der Waals surface area contributed by atoms with Crippen LogP contribution in [0.3, 0.4) is 0 Å². The summed E-state index contributed by atoms with van der Waals surface area (Å²) in [6, 6.07) is 9.62. The number of nitrogens with one attached hydrogen (secondary N) is 1. The van der Waals surface area contributed by atoms with Crippen molar-refractivity contribution in [1.29, 1.82) is 0 Å². The first-order chi connectivity index (χ1) is 7.70. The molecule has 0 unspecified atom stereocenters.